The van der Waals surface area contributed by atoms with Crippen LogP contribution in [-0.4, -0.2) is 36.3 Å². The summed E-state index contributed by atoms with van der Waals surface area (Å²) < 4.78 is 14.1. The largest absolute Gasteiger partial charge is 0.384 e. The Bertz CT molecular complexity index is 515. The Kier molecular flexibility index (Phi) is 3.21. The molecule has 110 valence electrons. The van der Waals surface area contributed by atoms with Crippen molar-refractivity contribution in [1.82, 2.24) is 10.3 Å². The number of anilines is 1. The fraction of sp³-hybridized carbons (Fsp3) is 0.667. The Labute approximate surface area is 119 Å². The summed E-state index contributed by atoms with van der Waals surface area (Å²) in [6.07, 6.45) is 0. The summed E-state index contributed by atoms with van der Waals surface area (Å²) in [5.41, 5.74) is -0.577. The lowest BCUT2D eigenvalue weighted by atomic mass is 10.0. The van der Waals surface area contributed by atoms with Crippen molar-refractivity contribution in [2.75, 3.05) is 31.1 Å². The van der Waals surface area contributed by atoms with Gasteiger partial charge in [0.15, 0.2) is 5.82 Å². The first kappa shape index (κ1) is 13.8. The van der Waals surface area contributed by atoms with Crippen LogP contribution in [0.5, 0.6) is 0 Å². The number of pyridine rings is 1. The van der Waals surface area contributed by atoms with Gasteiger partial charge in [-0.2, -0.15) is 0 Å². The summed E-state index contributed by atoms with van der Waals surface area (Å²) in [5.74, 6) is 1.71. The van der Waals surface area contributed by atoms with Gasteiger partial charge in [0.2, 0.25) is 0 Å². The molecule has 1 aromatic heterocycles. The summed E-state index contributed by atoms with van der Waals surface area (Å²) in [7, 11) is 0. The normalized spacial score (nSPS) is 26.1. The highest BCUT2D eigenvalue weighted by Crippen LogP contribution is 2.32. The molecule has 2 aliphatic heterocycles. The highest BCUT2D eigenvalue weighted by atomic mass is 19.1. The highest BCUT2D eigenvalue weighted by Gasteiger charge is 2.37. The fourth-order valence-corrected chi connectivity index (χ4v) is 3.25. The van der Waals surface area contributed by atoms with Crippen molar-refractivity contribution in [1.29, 1.82) is 0 Å². The van der Waals surface area contributed by atoms with Gasteiger partial charge >= 0.3 is 0 Å². The summed E-state index contributed by atoms with van der Waals surface area (Å²) in [6, 6.07) is 1.79. The van der Waals surface area contributed by atoms with Crippen LogP contribution < -0.4 is 10.2 Å². The Morgan fingerprint density at radius 2 is 1.95 bits per heavy atom. The van der Waals surface area contributed by atoms with Crippen molar-refractivity contribution in [3.8, 4) is 0 Å². The van der Waals surface area contributed by atoms with Gasteiger partial charge in [-0.05, 0) is 44.2 Å². The molecule has 3 heterocycles. The number of fused-ring (bicyclic) bond motifs is 1. The second-order valence-corrected chi connectivity index (χ2v) is 6.60. The molecule has 20 heavy (non-hydrogen) atoms. The molecule has 0 radical (unpaired) electrons. The zero-order valence-corrected chi connectivity index (χ0v) is 12.3. The molecule has 0 spiro atoms. The summed E-state index contributed by atoms with van der Waals surface area (Å²) in [4.78, 5) is 6.61. The first-order valence-electron chi connectivity index (χ1n) is 7.22. The minimum Gasteiger partial charge on any atom is -0.384 e. The second kappa shape index (κ2) is 4.67. The Hall–Kier alpha value is -1.20. The van der Waals surface area contributed by atoms with E-state index in [1.807, 2.05) is 0 Å². The first-order chi connectivity index (χ1) is 9.36. The summed E-state index contributed by atoms with van der Waals surface area (Å²) in [5, 5.41) is 13.5. The molecule has 0 aliphatic carbocycles. The van der Waals surface area contributed by atoms with E-state index in [1.165, 1.54) is 0 Å². The molecule has 5 heteroatoms. The lowest BCUT2D eigenvalue weighted by Crippen LogP contribution is -2.28. The summed E-state index contributed by atoms with van der Waals surface area (Å²) in [6.45, 7) is 8.91. The maximum absolute atomic E-state index is 14.1. The van der Waals surface area contributed by atoms with E-state index < -0.39 is 11.4 Å². The molecule has 0 aromatic carbocycles. The Morgan fingerprint density at radius 3 is 2.50 bits per heavy atom. The van der Waals surface area contributed by atoms with Crippen LogP contribution in [0.25, 0.3) is 0 Å². The zero-order chi connectivity index (χ0) is 14.5. The standard InChI is InChI=1S/C15H22FN3O/c1-9-4-12(18-14(13(9)16)15(2,3)20)19-7-10-5-17-6-11(10)8-19/h4,10-11,17,20H,5-8H2,1-3H3/t10-,11+. The van der Waals surface area contributed by atoms with Crippen LogP contribution in [0.15, 0.2) is 6.07 Å². The molecule has 1 aromatic rings. The number of nitrogens with zero attached hydrogens (tertiary/aromatic N) is 2. The molecule has 4 nitrogen and oxygen atoms in total. The number of halogens is 1. The number of aliphatic hydroxyl groups is 1. The van der Waals surface area contributed by atoms with Crippen LogP contribution in [0.4, 0.5) is 10.2 Å². The Balaban J connectivity index is 1.93. The van der Waals surface area contributed by atoms with Gasteiger partial charge in [0.25, 0.3) is 0 Å². The molecule has 2 saturated heterocycles. The van der Waals surface area contributed by atoms with E-state index in [1.54, 1.807) is 26.8 Å². The summed E-state index contributed by atoms with van der Waals surface area (Å²) >= 11 is 0. The molecule has 0 amide bonds. The van der Waals surface area contributed by atoms with Crippen molar-refractivity contribution < 1.29 is 9.50 Å². The lowest BCUT2D eigenvalue weighted by molar-refractivity contribution is 0.0694. The van der Waals surface area contributed by atoms with E-state index in [0.717, 1.165) is 32.0 Å². The molecule has 0 unspecified atom stereocenters. The van der Waals surface area contributed by atoms with Crippen LogP contribution in [0, 0.1) is 24.6 Å². The highest BCUT2D eigenvalue weighted by molar-refractivity contribution is 5.45. The fourth-order valence-electron chi connectivity index (χ4n) is 3.25. The van der Waals surface area contributed by atoms with Crippen molar-refractivity contribution in [2.24, 2.45) is 11.8 Å². The van der Waals surface area contributed by atoms with Gasteiger partial charge in [-0.1, -0.05) is 0 Å². The maximum atomic E-state index is 14.1. The van der Waals surface area contributed by atoms with Crippen LogP contribution >= 0.6 is 0 Å². The van der Waals surface area contributed by atoms with E-state index in [2.05, 4.69) is 15.2 Å². The second-order valence-electron chi connectivity index (χ2n) is 6.60. The van der Waals surface area contributed by atoms with Crippen molar-refractivity contribution in [3.05, 3.63) is 23.1 Å². The SMILES string of the molecule is Cc1cc(N2C[C@H]3CNC[C@H]3C2)nc(C(C)(C)O)c1F. The third-order valence-corrected chi connectivity index (χ3v) is 4.42. The van der Waals surface area contributed by atoms with Gasteiger partial charge < -0.3 is 15.3 Å². The molecular weight excluding hydrogens is 257 g/mol. The van der Waals surface area contributed by atoms with Gasteiger partial charge in [-0.15, -0.1) is 0 Å². The minimum atomic E-state index is -1.26. The number of hydrogen-bond acceptors (Lipinski definition) is 4. The molecule has 2 aliphatic rings. The average molecular weight is 279 g/mol. The quantitative estimate of drug-likeness (QED) is 0.859. The molecule has 3 rings (SSSR count). The number of nitrogens with one attached hydrogen (secondary N) is 1. The lowest BCUT2D eigenvalue weighted by Gasteiger charge is -2.24. The number of aromatic nitrogens is 1. The number of rotatable bonds is 2. The topological polar surface area (TPSA) is 48.4 Å². The van der Waals surface area contributed by atoms with Gasteiger partial charge in [-0.25, -0.2) is 9.37 Å². The molecule has 2 N–H and O–H groups in total. The van der Waals surface area contributed by atoms with Crippen molar-refractivity contribution in [3.63, 3.8) is 0 Å². The van der Waals surface area contributed by atoms with Crippen LogP contribution in [0.3, 0.4) is 0 Å². The average Bonchev–Trinajstić information content (AvgIpc) is 2.91. The molecular formula is C15H22FN3O. The van der Waals surface area contributed by atoms with Crippen LogP contribution in [0.2, 0.25) is 0 Å². The first-order valence-corrected chi connectivity index (χ1v) is 7.22. The predicted octanol–water partition coefficient (Wildman–Crippen LogP) is 1.41. The molecule has 0 bridgehead atoms. The smallest absolute Gasteiger partial charge is 0.150 e. The predicted molar refractivity (Wildman–Crippen MR) is 76.2 cm³/mol. The van der Waals surface area contributed by atoms with Gasteiger partial charge in [0.05, 0.1) is 0 Å². The maximum Gasteiger partial charge on any atom is 0.150 e. The minimum absolute atomic E-state index is 0.141. The third kappa shape index (κ3) is 2.29. The van der Waals surface area contributed by atoms with Gasteiger partial charge in [0.1, 0.15) is 17.1 Å². The molecule has 2 fully saturated rings. The zero-order valence-electron chi connectivity index (χ0n) is 12.3. The van der Waals surface area contributed by atoms with Gasteiger partial charge in [0, 0.05) is 26.2 Å². The number of aryl methyl sites for hydroxylation is 1. The molecule has 2 atom stereocenters. The Morgan fingerprint density at radius 1 is 1.35 bits per heavy atom. The van der Waals surface area contributed by atoms with Gasteiger partial charge in [-0.3, -0.25) is 0 Å². The number of hydrogen-bond donors (Lipinski definition) is 2. The third-order valence-electron chi connectivity index (χ3n) is 4.42. The van der Waals surface area contributed by atoms with E-state index >= 15 is 0 Å². The molecule has 0 saturated carbocycles. The van der Waals surface area contributed by atoms with E-state index in [4.69, 9.17) is 0 Å². The van der Waals surface area contributed by atoms with Crippen LogP contribution in [-0.2, 0) is 5.60 Å². The van der Waals surface area contributed by atoms with E-state index in [0.29, 0.717) is 17.4 Å². The van der Waals surface area contributed by atoms with E-state index in [-0.39, 0.29) is 5.69 Å². The van der Waals surface area contributed by atoms with Crippen molar-refractivity contribution >= 4 is 5.82 Å². The van der Waals surface area contributed by atoms with Crippen LogP contribution in [0.1, 0.15) is 25.1 Å². The monoisotopic (exact) mass is 279 g/mol. The van der Waals surface area contributed by atoms with E-state index in [9.17, 15) is 9.50 Å². The van der Waals surface area contributed by atoms with Crippen molar-refractivity contribution in [2.45, 2.75) is 26.4 Å².